The summed E-state index contributed by atoms with van der Waals surface area (Å²) in [7, 11) is 1.65. The topological polar surface area (TPSA) is 55.0 Å². The molecule has 0 aliphatic heterocycles. The molecule has 1 N–H and O–H groups in total. The first-order valence-electron chi connectivity index (χ1n) is 4.85. The fourth-order valence-electron chi connectivity index (χ4n) is 2.09. The summed E-state index contributed by atoms with van der Waals surface area (Å²) < 4.78 is 5.31. The summed E-state index contributed by atoms with van der Waals surface area (Å²) in [5.41, 5.74) is 2.68. The average molecular weight is 194 g/mol. The first-order chi connectivity index (χ1) is 6.74. The summed E-state index contributed by atoms with van der Waals surface area (Å²) in [5, 5.41) is 6.47. The van der Waals surface area contributed by atoms with Gasteiger partial charge in [-0.05, 0) is 31.7 Å². The number of aromatic amines is 1. The SMILES string of the molecule is COC1CCCc2c(C)n[nH]c(=O)c21. The third kappa shape index (κ3) is 1.35. The van der Waals surface area contributed by atoms with Crippen LogP contribution in [0.3, 0.4) is 0 Å². The molecule has 1 aliphatic carbocycles. The number of rotatable bonds is 1. The van der Waals surface area contributed by atoms with Crippen LogP contribution in [0.1, 0.15) is 35.8 Å². The van der Waals surface area contributed by atoms with Crippen molar-refractivity contribution in [3.05, 3.63) is 27.2 Å². The molecule has 0 bridgehead atoms. The second kappa shape index (κ2) is 3.53. The first-order valence-corrected chi connectivity index (χ1v) is 4.85. The molecule has 0 aromatic carbocycles. The Balaban J connectivity index is 2.61. The van der Waals surface area contributed by atoms with E-state index in [0.29, 0.717) is 0 Å². The predicted molar refractivity (Wildman–Crippen MR) is 52.3 cm³/mol. The molecule has 0 radical (unpaired) electrons. The van der Waals surface area contributed by atoms with Gasteiger partial charge >= 0.3 is 0 Å². The molecule has 1 heterocycles. The van der Waals surface area contributed by atoms with Gasteiger partial charge in [-0.15, -0.1) is 0 Å². The number of ether oxygens (including phenoxy) is 1. The van der Waals surface area contributed by atoms with E-state index in [1.165, 1.54) is 0 Å². The minimum absolute atomic E-state index is 0.0517. The monoisotopic (exact) mass is 194 g/mol. The Hall–Kier alpha value is -1.16. The third-order valence-corrected chi connectivity index (χ3v) is 2.83. The lowest BCUT2D eigenvalue weighted by Crippen LogP contribution is -2.26. The molecule has 1 aromatic heterocycles. The summed E-state index contributed by atoms with van der Waals surface area (Å²) in [4.78, 5) is 11.6. The number of aryl methyl sites for hydroxylation is 1. The molecule has 1 unspecified atom stereocenters. The minimum atomic E-state index is -0.0999. The van der Waals surface area contributed by atoms with E-state index < -0.39 is 0 Å². The molecule has 1 atom stereocenters. The average Bonchev–Trinajstić information content (AvgIpc) is 2.23. The summed E-state index contributed by atoms with van der Waals surface area (Å²) in [6.45, 7) is 1.92. The zero-order valence-electron chi connectivity index (χ0n) is 8.46. The third-order valence-electron chi connectivity index (χ3n) is 2.83. The molecular weight excluding hydrogens is 180 g/mol. The van der Waals surface area contributed by atoms with Crippen LogP contribution in [-0.4, -0.2) is 17.3 Å². The largest absolute Gasteiger partial charge is 0.377 e. The van der Waals surface area contributed by atoms with Gasteiger partial charge < -0.3 is 4.74 Å². The van der Waals surface area contributed by atoms with Gasteiger partial charge in [-0.2, -0.15) is 5.10 Å². The second-order valence-corrected chi connectivity index (χ2v) is 3.65. The Morgan fingerprint density at radius 2 is 2.36 bits per heavy atom. The Labute approximate surface area is 82.3 Å². The standard InChI is InChI=1S/C10H14N2O2/c1-6-7-4-3-5-8(14-2)9(7)10(13)12-11-6/h8H,3-5H2,1-2H3,(H,12,13). The van der Waals surface area contributed by atoms with Gasteiger partial charge in [0.2, 0.25) is 0 Å². The van der Waals surface area contributed by atoms with Crippen LogP contribution in [0.5, 0.6) is 0 Å². The molecule has 0 spiro atoms. The Bertz CT molecular complexity index is 398. The summed E-state index contributed by atoms with van der Waals surface area (Å²) in [5.74, 6) is 0. The summed E-state index contributed by atoms with van der Waals surface area (Å²) in [6, 6.07) is 0. The molecule has 1 aromatic rings. The van der Waals surface area contributed by atoms with Gasteiger partial charge in [0.15, 0.2) is 0 Å². The molecule has 4 nitrogen and oxygen atoms in total. The minimum Gasteiger partial charge on any atom is -0.377 e. The van der Waals surface area contributed by atoms with Crippen molar-refractivity contribution in [3.63, 3.8) is 0 Å². The fraction of sp³-hybridized carbons (Fsp3) is 0.600. The normalized spacial score (nSPS) is 20.6. The van der Waals surface area contributed by atoms with Gasteiger partial charge in [-0.25, -0.2) is 5.10 Å². The van der Waals surface area contributed by atoms with E-state index in [2.05, 4.69) is 10.2 Å². The number of nitrogens with zero attached hydrogens (tertiary/aromatic N) is 1. The van der Waals surface area contributed by atoms with Gasteiger partial charge in [0.05, 0.1) is 17.4 Å². The second-order valence-electron chi connectivity index (χ2n) is 3.65. The molecule has 0 saturated carbocycles. The molecule has 1 aliphatic rings. The Morgan fingerprint density at radius 1 is 1.57 bits per heavy atom. The Kier molecular flexibility index (Phi) is 2.37. The van der Waals surface area contributed by atoms with Crippen molar-refractivity contribution in [3.8, 4) is 0 Å². The van der Waals surface area contributed by atoms with E-state index in [1.807, 2.05) is 6.92 Å². The number of fused-ring (bicyclic) bond motifs is 1. The molecular formula is C10H14N2O2. The molecule has 0 amide bonds. The van der Waals surface area contributed by atoms with Crippen LogP contribution in [-0.2, 0) is 11.2 Å². The van der Waals surface area contributed by atoms with Crippen molar-refractivity contribution in [2.24, 2.45) is 0 Å². The summed E-state index contributed by atoms with van der Waals surface area (Å²) >= 11 is 0. The number of aromatic nitrogens is 2. The van der Waals surface area contributed by atoms with E-state index in [9.17, 15) is 4.79 Å². The molecule has 0 fully saturated rings. The number of hydrogen-bond donors (Lipinski definition) is 1. The van der Waals surface area contributed by atoms with E-state index in [1.54, 1.807) is 7.11 Å². The highest BCUT2D eigenvalue weighted by Gasteiger charge is 2.24. The number of H-pyrrole nitrogens is 1. The van der Waals surface area contributed by atoms with Crippen LogP contribution in [0.4, 0.5) is 0 Å². The molecule has 0 saturated heterocycles. The maximum absolute atomic E-state index is 11.6. The van der Waals surface area contributed by atoms with Gasteiger partial charge in [-0.3, -0.25) is 4.79 Å². The van der Waals surface area contributed by atoms with Crippen LogP contribution in [0, 0.1) is 6.92 Å². The predicted octanol–water partition coefficient (Wildman–Crippen LogP) is 1.10. The molecule has 2 rings (SSSR count). The van der Waals surface area contributed by atoms with Crippen molar-refractivity contribution >= 4 is 0 Å². The highest BCUT2D eigenvalue weighted by molar-refractivity contribution is 5.31. The van der Waals surface area contributed by atoms with E-state index >= 15 is 0 Å². The van der Waals surface area contributed by atoms with Gasteiger partial charge in [0.1, 0.15) is 0 Å². The van der Waals surface area contributed by atoms with Crippen molar-refractivity contribution < 1.29 is 4.74 Å². The lowest BCUT2D eigenvalue weighted by Gasteiger charge is -2.23. The zero-order chi connectivity index (χ0) is 10.1. The summed E-state index contributed by atoms with van der Waals surface area (Å²) in [6.07, 6.45) is 2.88. The van der Waals surface area contributed by atoms with Crippen molar-refractivity contribution in [2.45, 2.75) is 32.3 Å². The number of nitrogens with one attached hydrogen (secondary N) is 1. The van der Waals surface area contributed by atoms with Gasteiger partial charge in [0.25, 0.3) is 5.56 Å². The van der Waals surface area contributed by atoms with E-state index in [4.69, 9.17) is 4.74 Å². The number of hydrogen-bond acceptors (Lipinski definition) is 3. The lowest BCUT2D eigenvalue weighted by atomic mass is 9.90. The lowest BCUT2D eigenvalue weighted by molar-refractivity contribution is 0.0864. The highest BCUT2D eigenvalue weighted by atomic mass is 16.5. The quantitative estimate of drug-likeness (QED) is 0.728. The molecule has 4 heteroatoms. The maximum Gasteiger partial charge on any atom is 0.270 e. The van der Waals surface area contributed by atoms with Crippen molar-refractivity contribution in [1.82, 2.24) is 10.2 Å². The highest BCUT2D eigenvalue weighted by Crippen LogP contribution is 2.29. The molecule has 14 heavy (non-hydrogen) atoms. The maximum atomic E-state index is 11.6. The van der Waals surface area contributed by atoms with Crippen LogP contribution in [0.2, 0.25) is 0 Å². The van der Waals surface area contributed by atoms with Crippen molar-refractivity contribution in [2.75, 3.05) is 7.11 Å². The van der Waals surface area contributed by atoms with Crippen LogP contribution in [0.25, 0.3) is 0 Å². The first kappa shape index (κ1) is 9.40. The van der Waals surface area contributed by atoms with Crippen LogP contribution in [0.15, 0.2) is 4.79 Å². The Morgan fingerprint density at radius 3 is 3.07 bits per heavy atom. The number of methoxy groups -OCH3 is 1. The van der Waals surface area contributed by atoms with Crippen LogP contribution >= 0.6 is 0 Å². The van der Waals surface area contributed by atoms with E-state index in [-0.39, 0.29) is 11.7 Å². The van der Waals surface area contributed by atoms with Crippen LogP contribution < -0.4 is 5.56 Å². The van der Waals surface area contributed by atoms with Crippen molar-refractivity contribution in [1.29, 1.82) is 0 Å². The van der Waals surface area contributed by atoms with Gasteiger partial charge in [0, 0.05) is 7.11 Å². The fourth-order valence-corrected chi connectivity index (χ4v) is 2.09. The molecule has 76 valence electrons. The van der Waals surface area contributed by atoms with E-state index in [0.717, 1.165) is 36.1 Å². The van der Waals surface area contributed by atoms with Gasteiger partial charge in [-0.1, -0.05) is 0 Å². The smallest absolute Gasteiger partial charge is 0.270 e. The zero-order valence-corrected chi connectivity index (χ0v) is 8.46.